The monoisotopic (exact) mass is 298 g/mol. The molecule has 1 aliphatic rings. The molecule has 0 spiro atoms. The van der Waals surface area contributed by atoms with Crippen LogP contribution >= 0.6 is 0 Å². The molecule has 0 aromatic carbocycles. The number of hydrogen-bond donors (Lipinski definition) is 0. The van der Waals surface area contributed by atoms with Crippen molar-refractivity contribution in [1.82, 2.24) is 9.88 Å². The van der Waals surface area contributed by atoms with Crippen LogP contribution in [-0.2, 0) is 0 Å². The average Bonchev–Trinajstić information content (AvgIpc) is 2.59. The summed E-state index contributed by atoms with van der Waals surface area (Å²) in [5.74, 6) is 1.58. The Morgan fingerprint density at radius 1 is 1.32 bits per heavy atom. The molecule has 1 aromatic heterocycles. The quantitative estimate of drug-likeness (QED) is 0.807. The summed E-state index contributed by atoms with van der Waals surface area (Å²) in [6.45, 7) is 12.8. The van der Waals surface area contributed by atoms with Gasteiger partial charge in [0.15, 0.2) is 0 Å². The van der Waals surface area contributed by atoms with Crippen LogP contribution in [0.2, 0.25) is 0 Å². The number of hydrogen-bond acceptors (Lipinski definition) is 4. The van der Waals surface area contributed by atoms with E-state index in [1.54, 1.807) is 6.20 Å². The summed E-state index contributed by atoms with van der Waals surface area (Å²) in [5.41, 5.74) is 1.91. The molecule has 1 aromatic rings. The largest absolute Gasteiger partial charge is 0.372 e. The van der Waals surface area contributed by atoms with Gasteiger partial charge in [0.05, 0.1) is 5.56 Å². The first kappa shape index (κ1) is 16.4. The molecule has 0 saturated carbocycles. The van der Waals surface area contributed by atoms with Gasteiger partial charge >= 0.3 is 0 Å². The van der Waals surface area contributed by atoms with E-state index in [1.807, 2.05) is 12.1 Å². The Bertz CT molecular complexity index is 521. The molecule has 0 N–H and O–H groups in total. The second-order valence-electron chi connectivity index (χ2n) is 5.88. The Morgan fingerprint density at radius 2 is 2.05 bits per heavy atom. The van der Waals surface area contributed by atoms with E-state index in [4.69, 9.17) is 5.26 Å². The van der Waals surface area contributed by atoms with Gasteiger partial charge in [-0.3, -0.25) is 0 Å². The fourth-order valence-corrected chi connectivity index (χ4v) is 3.08. The number of rotatable bonds is 6. The molecule has 4 heteroatoms. The van der Waals surface area contributed by atoms with Crippen molar-refractivity contribution >= 4 is 5.82 Å². The molecular formula is C18H26N4. The van der Waals surface area contributed by atoms with E-state index in [0.717, 1.165) is 32.0 Å². The molecule has 1 saturated heterocycles. The number of pyridine rings is 1. The molecule has 22 heavy (non-hydrogen) atoms. The number of aromatic nitrogens is 1. The van der Waals surface area contributed by atoms with Gasteiger partial charge in [0.25, 0.3) is 0 Å². The highest BCUT2D eigenvalue weighted by atomic mass is 15.3. The fourth-order valence-electron chi connectivity index (χ4n) is 3.08. The number of anilines is 1. The summed E-state index contributed by atoms with van der Waals surface area (Å²) in [6.07, 6.45) is 5.26. The third-order valence-electron chi connectivity index (χ3n) is 4.49. The van der Waals surface area contributed by atoms with Gasteiger partial charge in [-0.25, -0.2) is 4.98 Å². The van der Waals surface area contributed by atoms with E-state index in [2.05, 4.69) is 41.3 Å². The highest BCUT2D eigenvalue weighted by molar-refractivity contribution is 5.42. The highest BCUT2D eigenvalue weighted by Gasteiger charge is 2.22. The minimum absolute atomic E-state index is 0.612. The van der Waals surface area contributed by atoms with Gasteiger partial charge in [0, 0.05) is 38.1 Å². The van der Waals surface area contributed by atoms with Gasteiger partial charge in [-0.05, 0) is 30.9 Å². The second-order valence-corrected chi connectivity index (χ2v) is 5.88. The highest BCUT2D eigenvalue weighted by Crippen LogP contribution is 2.24. The van der Waals surface area contributed by atoms with Gasteiger partial charge in [-0.2, -0.15) is 5.26 Å². The Balaban J connectivity index is 1.92. The number of piperazine rings is 1. The van der Waals surface area contributed by atoms with Crippen molar-refractivity contribution in [2.24, 2.45) is 5.92 Å². The maximum atomic E-state index is 8.83. The number of nitriles is 1. The minimum Gasteiger partial charge on any atom is -0.372 e. The van der Waals surface area contributed by atoms with Crippen molar-refractivity contribution in [3.8, 4) is 6.07 Å². The molecule has 0 aliphatic carbocycles. The summed E-state index contributed by atoms with van der Waals surface area (Å²) in [6, 6.07) is 5.88. The average molecular weight is 298 g/mol. The predicted molar refractivity (Wildman–Crippen MR) is 90.6 cm³/mol. The molecule has 0 bridgehead atoms. The van der Waals surface area contributed by atoms with Gasteiger partial charge in [0.1, 0.15) is 11.9 Å². The van der Waals surface area contributed by atoms with Crippen LogP contribution in [0.25, 0.3) is 0 Å². The van der Waals surface area contributed by atoms with Crippen molar-refractivity contribution in [3.63, 3.8) is 0 Å². The SMILES string of the molecule is C=C(C(CC)CCC)N1CCN(c2ccc(C#N)cn2)CC1. The van der Waals surface area contributed by atoms with E-state index < -0.39 is 0 Å². The van der Waals surface area contributed by atoms with Crippen molar-refractivity contribution in [1.29, 1.82) is 5.26 Å². The molecular weight excluding hydrogens is 272 g/mol. The first-order valence-electron chi connectivity index (χ1n) is 8.24. The molecule has 0 radical (unpaired) electrons. The molecule has 4 nitrogen and oxygen atoms in total. The zero-order valence-corrected chi connectivity index (χ0v) is 13.8. The standard InChI is InChI=1S/C18H26N4/c1-4-6-17(5-2)15(3)21-9-11-22(12-10-21)18-8-7-16(13-19)14-20-18/h7-8,14,17H,3-6,9-12H2,1-2H3. The van der Waals surface area contributed by atoms with E-state index >= 15 is 0 Å². The maximum Gasteiger partial charge on any atom is 0.128 e. The van der Waals surface area contributed by atoms with Crippen LogP contribution in [0, 0.1) is 17.2 Å². The van der Waals surface area contributed by atoms with Gasteiger partial charge < -0.3 is 9.80 Å². The van der Waals surface area contributed by atoms with Crippen LogP contribution < -0.4 is 4.90 Å². The lowest BCUT2D eigenvalue weighted by molar-refractivity contribution is 0.276. The lowest BCUT2D eigenvalue weighted by Gasteiger charge is -2.39. The number of allylic oxidation sites excluding steroid dienone is 1. The van der Waals surface area contributed by atoms with Gasteiger partial charge in [0.2, 0.25) is 0 Å². The van der Waals surface area contributed by atoms with Crippen molar-refractivity contribution in [2.45, 2.75) is 33.1 Å². The van der Waals surface area contributed by atoms with Crippen LogP contribution in [0.3, 0.4) is 0 Å². The van der Waals surface area contributed by atoms with E-state index in [0.29, 0.717) is 11.5 Å². The Hall–Kier alpha value is -2.02. The van der Waals surface area contributed by atoms with Crippen LogP contribution in [0.4, 0.5) is 5.82 Å². The number of nitrogens with zero attached hydrogens (tertiary/aromatic N) is 4. The van der Waals surface area contributed by atoms with E-state index in [-0.39, 0.29) is 0 Å². The summed E-state index contributed by atoms with van der Waals surface area (Å²) >= 11 is 0. The zero-order valence-electron chi connectivity index (χ0n) is 13.8. The Morgan fingerprint density at radius 3 is 2.55 bits per heavy atom. The molecule has 1 unspecified atom stereocenters. The lowest BCUT2D eigenvalue weighted by Crippen LogP contribution is -2.46. The van der Waals surface area contributed by atoms with Gasteiger partial charge in [-0.15, -0.1) is 0 Å². The molecule has 118 valence electrons. The third kappa shape index (κ3) is 3.79. The maximum absolute atomic E-state index is 8.83. The van der Waals surface area contributed by atoms with Crippen LogP contribution in [0.5, 0.6) is 0 Å². The zero-order chi connectivity index (χ0) is 15.9. The fraction of sp³-hybridized carbons (Fsp3) is 0.556. The summed E-state index contributed by atoms with van der Waals surface area (Å²) in [5, 5.41) is 8.83. The van der Waals surface area contributed by atoms with Gasteiger partial charge in [-0.1, -0.05) is 26.8 Å². The first-order valence-corrected chi connectivity index (χ1v) is 8.24. The topological polar surface area (TPSA) is 43.2 Å². The molecule has 1 aliphatic heterocycles. The second kappa shape index (κ2) is 7.84. The Kier molecular flexibility index (Phi) is 5.83. The van der Waals surface area contributed by atoms with Crippen LogP contribution in [-0.4, -0.2) is 36.1 Å². The Labute approximate surface area is 134 Å². The minimum atomic E-state index is 0.612. The molecule has 0 amide bonds. The smallest absolute Gasteiger partial charge is 0.128 e. The van der Waals surface area contributed by atoms with Crippen LogP contribution in [0.1, 0.15) is 38.7 Å². The normalized spacial score (nSPS) is 16.2. The molecule has 1 atom stereocenters. The van der Waals surface area contributed by atoms with E-state index in [1.165, 1.54) is 25.0 Å². The van der Waals surface area contributed by atoms with Crippen LogP contribution in [0.15, 0.2) is 30.6 Å². The summed E-state index contributed by atoms with van der Waals surface area (Å²) in [7, 11) is 0. The van der Waals surface area contributed by atoms with Crippen molar-refractivity contribution < 1.29 is 0 Å². The first-order chi connectivity index (χ1) is 10.7. The van der Waals surface area contributed by atoms with Crippen molar-refractivity contribution in [3.05, 3.63) is 36.2 Å². The molecule has 2 heterocycles. The molecule has 2 rings (SSSR count). The predicted octanol–water partition coefficient (Wildman–Crippen LogP) is 3.42. The third-order valence-corrected chi connectivity index (χ3v) is 4.49. The summed E-state index contributed by atoms with van der Waals surface area (Å²) < 4.78 is 0. The molecule has 1 fully saturated rings. The van der Waals surface area contributed by atoms with Crippen molar-refractivity contribution in [2.75, 3.05) is 31.1 Å². The summed E-state index contributed by atoms with van der Waals surface area (Å²) in [4.78, 5) is 9.10. The van der Waals surface area contributed by atoms with E-state index in [9.17, 15) is 0 Å². The lowest BCUT2D eigenvalue weighted by atomic mass is 9.96.